The minimum Gasteiger partial charge on any atom is -0.396 e. The highest BCUT2D eigenvalue weighted by Gasteiger charge is 2.25. The van der Waals surface area contributed by atoms with Crippen molar-refractivity contribution in [2.75, 3.05) is 11.9 Å². The van der Waals surface area contributed by atoms with Crippen molar-refractivity contribution in [1.82, 2.24) is 4.98 Å². The molecule has 2 atom stereocenters. The van der Waals surface area contributed by atoms with Crippen molar-refractivity contribution >= 4 is 11.5 Å². The molecule has 2 N–H and O–H groups in total. The van der Waals surface area contributed by atoms with E-state index in [4.69, 9.17) is 0 Å². The van der Waals surface area contributed by atoms with Crippen LogP contribution < -0.4 is 5.32 Å². The monoisotopic (exact) mass is 265 g/mol. The van der Waals surface area contributed by atoms with E-state index in [1.54, 1.807) is 13.0 Å². The van der Waals surface area contributed by atoms with Gasteiger partial charge in [0, 0.05) is 24.1 Å². The van der Waals surface area contributed by atoms with E-state index >= 15 is 0 Å². The number of aliphatic hydroxyl groups excluding tert-OH is 1. The van der Waals surface area contributed by atoms with E-state index < -0.39 is 4.92 Å². The number of aliphatic hydroxyl groups is 1. The van der Waals surface area contributed by atoms with E-state index in [2.05, 4.69) is 10.3 Å². The molecule has 2 rings (SSSR count). The Morgan fingerprint density at radius 2 is 2.26 bits per heavy atom. The maximum atomic E-state index is 10.7. The number of anilines is 1. The molecule has 0 radical (unpaired) electrons. The third-order valence-electron chi connectivity index (χ3n) is 3.76. The number of aromatic nitrogens is 1. The fourth-order valence-electron chi connectivity index (χ4n) is 2.63. The molecular weight excluding hydrogens is 246 g/mol. The Morgan fingerprint density at radius 3 is 2.89 bits per heavy atom. The summed E-state index contributed by atoms with van der Waals surface area (Å²) in [6.45, 7) is 1.87. The molecule has 0 bridgehead atoms. The van der Waals surface area contributed by atoms with Crippen LogP contribution in [0.1, 0.15) is 31.2 Å². The van der Waals surface area contributed by atoms with Gasteiger partial charge in [0.05, 0.1) is 4.92 Å². The van der Waals surface area contributed by atoms with Gasteiger partial charge in [0.2, 0.25) is 0 Å². The fraction of sp³-hybridized carbons (Fsp3) is 0.615. The molecule has 1 fully saturated rings. The third-order valence-corrected chi connectivity index (χ3v) is 3.76. The topological polar surface area (TPSA) is 88.3 Å². The van der Waals surface area contributed by atoms with Gasteiger partial charge in [0.25, 0.3) is 5.69 Å². The first-order valence-electron chi connectivity index (χ1n) is 6.60. The van der Waals surface area contributed by atoms with Gasteiger partial charge in [-0.3, -0.25) is 10.1 Å². The molecule has 0 aromatic carbocycles. The molecule has 1 aromatic heterocycles. The second kappa shape index (κ2) is 5.97. The van der Waals surface area contributed by atoms with Crippen LogP contribution in [-0.2, 0) is 0 Å². The molecule has 0 saturated heterocycles. The molecule has 104 valence electrons. The average Bonchev–Trinajstić information content (AvgIpc) is 2.39. The summed E-state index contributed by atoms with van der Waals surface area (Å²) in [5, 5.41) is 23.4. The Labute approximate surface area is 112 Å². The van der Waals surface area contributed by atoms with Crippen molar-refractivity contribution in [3.05, 3.63) is 27.9 Å². The number of nitrogens with one attached hydrogen (secondary N) is 1. The predicted octanol–water partition coefficient (Wildman–Crippen LogP) is 2.26. The average molecular weight is 265 g/mol. The van der Waals surface area contributed by atoms with Crippen LogP contribution in [0.5, 0.6) is 0 Å². The van der Waals surface area contributed by atoms with Crippen molar-refractivity contribution < 1.29 is 10.0 Å². The Morgan fingerprint density at radius 1 is 1.53 bits per heavy atom. The largest absolute Gasteiger partial charge is 0.396 e. The number of hydrogen-bond donors (Lipinski definition) is 2. The van der Waals surface area contributed by atoms with Crippen molar-refractivity contribution in [3.63, 3.8) is 0 Å². The van der Waals surface area contributed by atoms with E-state index in [0.717, 1.165) is 25.7 Å². The Balaban J connectivity index is 2.10. The number of hydrogen-bond acceptors (Lipinski definition) is 5. The fourth-order valence-corrected chi connectivity index (χ4v) is 2.63. The van der Waals surface area contributed by atoms with Gasteiger partial charge in [0.1, 0.15) is 12.0 Å². The van der Waals surface area contributed by atoms with Crippen molar-refractivity contribution in [2.24, 2.45) is 5.92 Å². The van der Waals surface area contributed by atoms with Crippen LogP contribution in [0.3, 0.4) is 0 Å². The normalized spacial score (nSPS) is 23.1. The van der Waals surface area contributed by atoms with Crippen LogP contribution in [0.4, 0.5) is 11.5 Å². The van der Waals surface area contributed by atoms with E-state index in [9.17, 15) is 15.2 Å². The number of nitrogens with zero attached hydrogens (tertiary/aromatic N) is 2. The summed E-state index contributed by atoms with van der Waals surface area (Å²) in [4.78, 5) is 14.4. The second-order valence-corrected chi connectivity index (χ2v) is 5.09. The lowest BCUT2D eigenvalue weighted by atomic mass is 9.85. The highest BCUT2D eigenvalue weighted by Crippen LogP contribution is 2.27. The van der Waals surface area contributed by atoms with Gasteiger partial charge in [-0.15, -0.1) is 0 Å². The molecule has 0 spiro atoms. The van der Waals surface area contributed by atoms with Crippen LogP contribution in [0.2, 0.25) is 0 Å². The number of aryl methyl sites for hydroxylation is 1. The molecule has 6 heteroatoms. The number of rotatable bonds is 4. The molecule has 0 aliphatic heterocycles. The van der Waals surface area contributed by atoms with Gasteiger partial charge in [-0.1, -0.05) is 12.8 Å². The molecule has 1 saturated carbocycles. The van der Waals surface area contributed by atoms with Crippen LogP contribution in [0.15, 0.2) is 12.3 Å². The van der Waals surface area contributed by atoms with Crippen molar-refractivity contribution in [1.29, 1.82) is 0 Å². The zero-order chi connectivity index (χ0) is 13.8. The smallest absolute Gasteiger partial charge is 0.290 e. The molecule has 1 aliphatic carbocycles. The van der Waals surface area contributed by atoms with Crippen LogP contribution in [-0.4, -0.2) is 27.7 Å². The molecular formula is C13H19N3O3. The van der Waals surface area contributed by atoms with Gasteiger partial charge >= 0.3 is 0 Å². The molecule has 0 amide bonds. The molecule has 1 aliphatic rings. The minimum absolute atomic E-state index is 0.0351. The zero-order valence-electron chi connectivity index (χ0n) is 11.0. The van der Waals surface area contributed by atoms with Crippen LogP contribution in [0.25, 0.3) is 0 Å². The van der Waals surface area contributed by atoms with Gasteiger partial charge in [-0.25, -0.2) is 4.98 Å². The molecule has 1 aromatic rings. The quantitative estimate of drug-likeness (QED) is 0.644. The van der Waals surface area contributed by atoms with E-state index in [1.165, 1.54) is 6.20 Å². The van der Waals surface area contributed by atoms with E-state index in [0.29, 0.717) is 11.4 Å². The minimum atomic E-state index is -0.427. The van der Waals surface area contributed by atoms with Crippen LogP contribution >= 0.6 is 0 Å². The Hall–Kier alpha value is -1.69. The Bertz CT molecular complexity index is 464. The third kappa shape index (κ3) is 3.20. The number of nitro groups is 1. The maximum Gasteiger partial charge on any atom is 0.290 e. The van der Waals surface area contributed by atoms with Gasteiger partial charge in [0.15, 0.2) is 0 Å². The first-order valence-corrected chi connectivity index (χ1v) is 6.60. The lowest BCUT2D eigenvalue weighted by Gasteiger charge is -2.31. The summed E-state index contributed by atoms with van der Waals surface area (Å²) in [5.41, 5.74) is 0.631. The molecule has 2 unspecified atom stereocenters. The highest BCUT2D eigenvalue weighted by molar-refractivity contribution is 5.47. The van der Waals surface area contributed by atoms with E-state index in [-0.39, 0.29) is 24.3 Å². The first kappa shape index (κ1) is 13.7. The lowest BCUT2D eigenvalue weighted by Crippen LogP contribution is -2.34. The lowest BCUT2D eigenvalue weighted by molar-refractivity contribution is -0.385. The van der Waals surface area contributed by atoms with Gasteiger partial charge in [-0.05, 0) is 25.8 Å². The zero-order valence-corrected chi connectivity index (χ0v) is 11.0. The summed E-state index contributed by atoms with van der Waals surface area (Å²) in [5.74, 6) is 0.888. The SMILES string of the molecule is Cc1cc(NC2CCCCC2CO)ncc1[N+](=O)[O-]. The van der Waals surface area contributed by atoms with Crippen molar-refractivity contribution in [3.8, 4) is 0 Å². The van der Waals surface area contributed by atoms with Gasteiger partial charge < -0.3 is 10.4 Å². The summed E-state index contributed by atoms with van der Waals surface area (Å²) in [6, 6.07) is 1.90. The number of pyridine rings is 1. The Kier molecular flexibility index (Phi) is 4.31. The highest BCUT2D eigenvalue weighted by atomic mass is 16.6. The van der Waals surface area contributed by atoms with E-state index in [1.807, 2.05) is 0 Å². The summed E-state index contributed by atoms with van der Waals surface area (Å²) < 4.78 is 0. The molecule has 19 heavy (non-hydrogen) atoms. The van der Waals surface area contributed by atoms with Crippen LogP contribution in [0, 0.1) is 23.0 Å². The first-order chi connectivity index (χ1) is 9.11. The summed E-state index contributed by atoms with van der Waals surface area (Å²) in [7, 11) is 0. The van der Waals surface area contributed by atoms with Gasteiger partial charge in [-0.2, -0.15) is 0 Å². The standard InChI is InChI=1S/C13H19N3O3/c1-9-6-13(14-7-12(9)16(18)19)15-11-5-3-2-4-10(11)8-17/h6-7,10-11,17H,2-5,8H2,1H3,(H,14,15). The molecule has 1 heterocycles. The summed E-state index contributed by atoms with van der Waals surface area (Å²) >= 11 is 0. The second-order valence-electron chi connectivity index (χ2n) is 5.09. The maximum absolute atomic E-state index is 10.7. The predicted molar refractivity (Wildman–Crippen MR) is 72.1 cm³/mol. The van der Waals surface area contributed by atoms with Crippen molar-refractivity contribution in [2.45, 2.75) is 38.6 Å². The molecule has 6 nitrogen and oxygen atoms in total. The summed E-state index contributed by atoms with van der Waals surface area (Å²) in [6.07, 6.45) is 5.59.